The zero-order chi connectivity index (χ0) is 13.8. The molecule has 0 aliphatic heterocycles. The van der Waals surface area contributed by atoms with Gasteiger partial charge in [0.25, 0.3) is 0 Å². The minimum atomic E-state index is -0.310. The van der Waals surface area contributed by atoms with Gasteiger partial charge in [-0.2, -0.15) is 0 Å². The molecule has 0 atom stereocenters. The Kier molecular flexibility index (Phi) is 2.68. The number of benzene rings is 1. The highest BCUT2D eigenvalue weighted by molar-refractivity contribution is 5.88. The van der Waals surface area contributed by atoms with Gasteiger partial charge < -0.3 is 5.73 Å². The van der Waals surface area contributed by atoms with Crippen LogP contribution in [-0.4, -0.2) is 4.98 Å². The Morgan fingerprint density at radius 3 is 2.58 bits per heavy atom. The van der Waals surface area contributed by atoms with Crippen molar-refractivity contribution < 1.29 is 0 Å². The highest BCUT2D eigenvalue weighted by Crippen LogP contribution is 2.37. The van der Waals surface area contributed by atoms with Crippen LogP contribution in [0.1, 0.15) is 48.2 Å². The normalized spacial score (nSPS) is 15.0. The lowest BCUT2D eigenvalue weighted by molar-refractivity contribution is 0.553. The summed E-state index contributed by atoms with van der Waals surface area (Å²) in [7, 11) is 0. The van der Waals surface area contributed by atoms with Crippen LogP contribution in [0.15, 0.2) is 12.1 Å². The summed E-state index contributed by atoms with van der Waals surface area (Å²) < 4.78 is 0. The average molecular weight is 254 g/mol. The standard InChI is InChI=1S/C17H22N2/c1-10-8-11(2)15-14(9-10)19-13-7-5-6-12(13)16(15)17(3,4)18/h8-9H,5-7,18H2,1-4H3. The molecular weight excluding hydrogens is 232 g/mol. The van der Waals surface area contributed by atoms with Crippen LogP contribution in [0.4, 0.5) is 0 Å². The molecule has 2 N–H and O–H groups in total. The van der Waals surface area contributed by atoms with Crippen molar-refractivity contribution in [3.63, 3.8) is 0 Å². The van der Waals surface area contributed by atoms with E-state index in [1.54, 1.807) is 0 Å². The van der Waals surface area contributed by atoms with Crippen molar-refractivity contribution in [2.75, 3.05) is 0 Å². The lowest BCUT2D eigenvalue weighted by Gasteiger charge is -2.26. The number of nitrogens with two attached hydrogens (primary N) is 1. The van der Waals surface area contributed by atoms with Gasteiger partial charge in [0, 0.05) is 16.6 Å². The number of fused-ring (bicyclic) bond motifs is 2. The first-order chi connectivity index (χ1) is 8.88. The van der Waals surface area contributed by atoms with Crippen molar-refractivity contribution in [2.24, 2.45) is 5.73 Å². The molecule has 2 heteroatoms. The van der Waals surface area contributed by atoms with E-state index < -0.39 is 0 Å². The van der Waals surface area contributed by atoms with E-state index in [0.29, 0.717) is 0 Å². The van der Waals surface area contributed by atoms with Crippen LogP contribution in [0, 0.1) is 13.8 Å². The molecule has 0 saturated heterocycles. The summed E-state index contributed by atoms with van der Waals surface area (Å²) in [6.45, 7) is 8.53. The summed E-state index contributed by atoms with van der Waals surface area (Å²) >= 11 is 0. The van der Waals surface area contributed by atoms with Gasteiger partial charge in [0.2, 0.25) is 0 Å². The number of pyridine rings is 1. The van der Waals surface area contributed by atoms with Crippen LogP contribution in [0.25, 0.3) is 10.9 Å². The fourth-order valence-corrected chi connectivity index (χ4v) is 3.49. The summed E-state index contributed by atoms with van der Waals surface area (Å²) in [4.78, 5) is 4.90. The Morgan fingerprint density at radius 1 is 1.16 bits per heavy atom. The van der Waals surface area contributed by atoms with Gasteiger partial charge >= 0.3 is 0 Å². The number of aromatic nitrogens is 1. The molecule has 2 nitrogen and oxygen atoms in total. The molecule has 1 aliphatic rings. The maximum absolute atomic E-state index is 6.48. The fourth-order valence-electron chi connectivity index (χ4n) is 3.49. The third-order valence-electron chi connectivity index (χ3n) is 4.10. The Balaban J connectivity index is 2.49. The summed E-state index contributed by atoms with van der Waals surface area (Å²) in [5, 5.41) is 1.28. The predicted molar refractivity (Wildman–Crippen MR) is 80.5 cm³/mol. The molecule has 0 bridgehead atoms. The molecule has 100 valence electrons. The minimum absolute atomic E-state index is 0.310. The molecule has 0 spiro atoms. The van der Waals surface area contributed by atoms with Gasteiger partial charge in [0.05, 0.1) is 5.52 Å². The van der Waals surface area contributed by atoms with E-state index in [9.17, 15) is 0 Å². The van der Waals surface area contributed by atoms with Crippen LogP contribution in [-0.2, 0) is 18.4 Å². The topological polar surface area (TPSA) is 38.9 Å². The van der Waals surface area contributed by atoms with Crippen molar-refractivity contribution in [1.29, 1.82) is 0 Å². The Bertz CT molecular complexity index is 663. The minimum Gasteiger partial charge on any atom is -0.322 e. The van der Waals surface area contributed by atoms with Crippen molar-refractivity contribution in [2.45, 2.75) is 52.5 Å². The van der Waals surface area contributed by atoms with Crippen molar-refractivity contribution in [1.82, 2.24) is 4.98 Å². The second-order valence-corrected chi connectivity index (χ2v) is 6.46. The largest absolute Gasteiger partial charge is 0.322 e. The fraction of sp³-hybridized carbons (Fsp3) is 0.471. The van der Waals surface area contributed by atoms with Crippen molar-refractivity contribution >= 4 is 10.9 Å². The molecule has 0 unspecified atom stereocenters. The molecule has 1 aromatic heterocycles. The molecular formula is C17H22N2. The van der Waals surface area contributed by atoms with Crippen LogP contribution in [0.5, 0.6) is 0 Å². The highest BCUT2D eigenvalue weighted by Gasteiger charge is 2.27. The SMILES string of the molecule is Cc1cc(C)c2c(C(C)(C)N)c3c(nc2c1)CCC3. The monoisotopic (exact) mass is 254 g/mol. The van der Waals surface area contributed by atoms with E-state index in [4.69, 9.17) is 10.7 Å². The van der Waals surface area contributed by atoms with Gasteiger partial charge in [0.15, 0.2) is 0 Å². The quantitative estimate of drug-likeness (QED) is 0.845. The zero-order valence-corrected chi connectivity index (χ0v) is 12.3. The summed E-state index contributed by atoms with van der Waals surface area (Å²) in [6.07, 6.45) is 3.43. The van der Waals surface area contributed by atoms with Crippen LogP contribution in [0.2, 0.25) is 0 Å². The Hall–Kier alpha value is -1.41. The first-order valence-electron chi connectivity index (χ1n) is 7.10. The van der Waals surface area contributed by atoms with Gasteiger partial charge in [-0.3, -0.25) is 4.98 Å². The lowest BCUT2D eigenvalue weighted by atomic mass is 9.85. The Morgan fingerprint density at radius 2 is 1.89 bits per heavy atom. The first-order valence-corrected chi connectivity index (χ1v) is 7.10. The maximum Gasteiger partial charge on any atom is 0.0714 e. The second-order valence-electron chi connectivity index (χ2n) is 6.46. The number of hydrogen-bond acceptors (Lipinski definition) is 2. The van der Waals surface area contributed by atoms with Crippen LogP contribution in [0.3, 0.4) is 0 Å². The van der Waals surface area contributed by atoms with Gasteiger partial charge in [-0.15, -0.1) is 0 Å². The van der Waals surface area contributed by atoms with E-state index in [2.05, 4.69) is 39.8 Å². The molecule has 3 rings (SSSR count). The summed E-state index contributed by atoms with van der Waals surface area (Å²) in [5.74, 6) is 0. The third-order valence-corrected chi connectivity index (χ3v) is 4.10. The van der Waals surface area contributed by atoms with E-state index in [1.807, 2.05) is 0 Å². The van der Waals surface area contributed by atoms with Gasteiger partial charge in [-0.05, 0) is 75.3 Å². The molecule has 0 saturated carbocycles. The molecule has 1 aliphatic carbocycles. The molecule has 2 aromatic rings. The summed E-state index contributed by atoms with van der Waals surface area (Å²) in [5.41, 5.74) is 13.9. The van der Waals surface area contributed by atoms with E-state index >= 15 is 0 Å². The van der Waals surface area contributed by atoms with Gasteiger partial charge in [-0.25, -0.2) is 0 Å². The molecule has 1 heterocycles. The number of hydrogen-bond donors (Lipinski definition) is 1. The number of rotatable bonds is 1. The Labute approximate surface area is 115 Å². The number of aryl methyl sites for hydroxylation is 3. The smallest absolute Gasteiger partial charge is 0.0714 e. The molecule has 1 aromatic carbocycles. The van der Waals surface area contributed by atoms with E-state index in [1.165, 1.54) is 39.8 Å². The van der Waals surface area contributed by atoms with Gasteiger partial charge in [0.1, 0.15) is 0 Å². The molecule has 19 heavy (non-hydrogen) atoms. The van der Waals surface area contributed by atoms with Crippen molar-refractivity contribution in [3.05, 3.63) is 40.1 Å². The second kappa shape index (κ2) is 4.04. The third kappa shape index (κ3) is 1.95. The van der Waals surface area contributed by atoms with E-state index in [-0.39, 0.29) is 5.54 Å². The average Bonchev–Trinajstić information content (AvgIpc) is 2.71. The van der Waals surface area contributed by atoms with Crippen LogP contribution < -0.4 is 5.73 Å². The molecule has 0 radical (unpaired) electrons. The predicted octanol–water partition coefficient (Wildman–Crippen LogP) is 3.53. The lowest BCUT2D eigenvalue weighted by Crippen LogP contribution is -2.31. The molecule has 0 fully saturated rings. The summed E-state index contributed by atoms with van der Waals surface area (Å²) in [6, 6.07) is 4.43. The van der Waals surface area contributed by atoms with Crippen LogP contribution >= 0.6 is 0 Å². The van der Waals surface area contributed by atoms with Gasteiger partial charge in [-0.1, -0.05) is 6.07 Å². The van der Waals surface area contributed by atoms with E-state index in [0.717, 1.165) is 18.4 Å². The van der Waals surface area contributed by atoms with Crippen molar-refractivity contribution in [3.8, 4) is 0 Å². The first kappa shape index (κ1) is 12.6. The number of nitrogens with zero attached hydrogens (tertiary/aromatic N) is 1. The maximum atomic E-state index is 6.48. The highest BCUT2D eigenvalue weighted by atomic mass is 14.8. The molecule has 0 amide bonds. The zero-order valence-electron chi connectivity index (χ0n) is 12.3.